The Hall–Kier alpha value is -2.63. The summed E-state index contributed by atoms with van der Waals surface area (Å²) in [5.74, 6) is -0.622. The molecule has 0 aliphatic carbocycles. The van der Waals surface area contributed by atoms with Crippen LogP contribution in [0.4, 0.5) is 11.4 Å². The fourth-order valence-electron chi connectivity index (χ4n) is 3.88. The first-order chi connectivity index (χ1) is 17.5. The van der Waals surface area contributed by atoms with Crippen molar-refractivity contribution < 1.29 is 21.6 Å². The van der Waals surface area contributed by atoms with Crippen LogP contribution in [0.5, 0.6) is 0 Å². The molecule has 8 nitrogen and oxygen atoms in total. The van der Waals surface area contributed by atoms with E-state index in [1.807, 2.05) is 6.92 Å². The first-order valence-corrected chi connectivity index (χ1v) is 15.2. The molecule has 0 saturated carbocycles. The molecule has 1 fully saturated rings. The summed E-state index contributed by atoms with van der Waals surface area (Å²) in [6, 6.07) is 14.4. The molecule has 1 amide bonds. The summed E-state index contributed by atoms with van der Waals surface area (Å²) in [7, 11) is -7.64. The van der Waals surface area contributed by atoms with Crippen molar-refractivity contribution in [3.8, 4) is 0 Å². The highest BCUT2D eigenvalue weighted by atomic mass is 35.5. The summed E-state index contributed by atoms with van der Waals surface area (Å²) in [6.07, 6.45) is 2.57. The summed E-state index contributed by atoms with van der Waals surface area (Å²) in [5.41, 5.74) is 1.44. The normalized spacial score (nSPS) is 14.8. The lowest BCUT2D eigenvalue weighted by molar-refractivity contribution is 0.102. The lowest BCUT2D eigenvalue weighted by atomic mass is 10.2. The van der Waals surface area contributed by atoms with Crippen LogP contribution in [0.25, 0.3) is 0 Å². The minimum absolute atomic E-state index is 0.00522. The van der Waals surface area contributed by atoms with Gasteiger partial charge in [-0.05, 0) is 79.9 Å². The highest BCUT2D eigenvalue weighted by Gasteiger charge is 2.27. The predicted octanol–water partition coefficient (Wildman–Crippen LogP) is 5.53. The Labute approximate surface area is 226 Å². The third kappa shape index (κ3) is 6.27. The molecule has 2 N–H and O–H groups in total. The van der Waals surface area contributed by atoms with Crippen molar-refractivity contribution in [1.82, 2.24) is 4.31 Å². The zero-order valence-electron chi connectivity index (χ0n) is 19.9. The largest absolute Gasteiger partial charge is 0.322 e. The zero-order chi connectivity index (χ0) is 26.8. The number of nitrogens with zero attached hydrogens (tertiary/aromatic N) is 1. The standard InChI is InChI=1S/C25H25Cl2N3O5S2/c1-17-5-6-19(15-24(17)27)29-36(32,33)20-9-7-18(8-10-20)28-25(31)22-16-21(11-12-23(22)26)37(34,35)30-13-3-2-4-14-30/h5-12,15-16,29H,2-4,13-14H2,1H3,(H,28,31). The molecule has 1 heterocycles. The Morgan fingerprint density at radius 2 is 1.41 bits per heavy atom. The molecule has 0 bridgehead atoms. The van der Waals surface area contributed by atoms with Gasteiger partial charge in [0, 0.05) is 23.8 Å². The van der Waals surface area contributed by atoms with Crippen LogP contribution in [0.2, 0.25) is 10.0 Å². The van der Waals surface area contributed by atoms with Crippen LogP contribution in [0.3, 0.4) is 0 Å². The second kappa shape index (κ2) is 11.0. The van der Waals surface area contributed by atoms with Gasteiger partial charge >= 0.3 is 0 Å². The topological polar surface area (TPSA) is 113 Å². The fraction of sp³-hybridized carbons (Fsp3) is 0.240. The highest BCUT2D eigenvalue weighted by Crippen LogP contribution is 2.27. The minimum atomic E-state index is -3.89. The van der Waals surface area contributed by atoms with Gasteiger partial charge in [0.05, 0.1) is 26.1 Å². The Bertz CT molecular complexity index is 1540. The van der Waals surface area contributed by atoms with E-state index < -0.39 is 26.0 Å². The summed E-state index contributed by atoms with van der Waals surface area (Å²) in [6.45, 7) is 2.69. The molecule has 0 aromatic heterocycles. The van der Waals surface area contributed by atoms with Gasteiger partial charge in [-0.15, -0.1) is 0 Å². The Kier molecular flexibility index (Phi) is 8.15. The number of sulfonamides is 2. The number of halogens is 2. The van der Waals surface area contributed by atoms with Crippen LogP contribution >= 0.6 is 23.2 Å². The van der Waals surface area contributed by atoms with Crippen LogP contribution in [0.1, 0.15) is 35.2 Å². The maximum absolute atomic E-state index is 13.0. The molecule has 1 aliphatic heterocycles. The molecule has 37 heavy (non-hydrogen) atoms. The van der Waals surface area contributed by atoms with Crippen LogP contribution < -0.4 is 10.0 Å². The number of piperidine rings is 1. The Morgan fingerprint density at radius 3 is 2.05 bits per heavy atom. The monoisotopic (exact) mass is 581 g/mol. The van der Waals surface area contributed by atoms with Crippen LogP contribution in [-0.4, -0.2) is 40.1 Å². The zero-order valence-corrected chi connectivity index (χ0v) is 23.0. The van der Waals surface area contributed by atoms with Crippen molar-refractivity contribution in [2.45, 2.75) is 36.0 Å². The Balaban J connectivity index is 1.50. The van der Waals surface area contributed by atoms with E-state index in [9.17, 15) is 21.6 Å². The average Bonchev–Trinajstić information content (AvgIpc) is 2.87. The molecule has 196 valence electrons. The average molecular weight is 583 g/mol. The number of nitrogens with one attached hydrogen (secondary N) is 2. The molecule has 1 saturated heterocycles. The highest BCUT2D eigenvalue weighted by molar-refractivity contribution is 7.92. The van der Waals surface area contributed by atoms with Crippen LogP contribution in [0.15, 0.2) is 70.5 Å². The first-order valence-electron chi connectivity index (χ1n) is 11.5. The maximum atomic E-state index is 13.0. The van der Waals surface area contributed by atoms with Crippen LogP contribution in [-0.2, 0) is 20.0 Å². The van der Waals surface area contributed by atoms with E-state index in [4.69, 9.17) is 23.2 Å². The van der Waals surface area contributed by atoms with E-state index in [1.165, 1.54) is 52.8 Å². The second-order valence-electron chi connectivity index (χ2n) is 8.65. The van der Waals surface area contributed by atoms with Gasteiger partial charge < -0.3 is 5.32 Å². The summed E-state index contributed by atoms with van der Waals surface area (Å²) in [4.78, 5) is 12.9. The molecule has 0 atom stereocenters. The quantitative estimate of drug-likeness (QED) is 0.381. The van der Waals surface area contributed by atoms with E-state index in [-0.39, 0.29) is 20.4 Å². The summed E-state index contributed by atoms with van der Waals surface area (Å²) < 4.78 is 55.4. The van der Waals surface area contributed by atoms with Crippen molar-refractivity contribution in [2.24, 2.45) is 0 Å². The molecule has 0 radical (unpaired) electrons. The maximum Gasteiger partial charge on any atom is 0.261 e. The molecule has 0 unspecified atom stereocenters. The molecule has 0 spiro atoms. The molecule has 3 aromatic carbocycles. The van der Waals surface area contributed by atoms with Gasteiger partial charge in [0.2, 0.25) is 10.0 Å². The van der Waals surface area contributed by atoms with Gasteiger partial charge in [0.25, 0.3) is 15.9 Å². The third-order valence-corrected chi connectivity index (χ3v) is 10.0. The van der Waals surface area contributed by atoms with Crippen molar-refractivity contribution in [3.05, 3.63) is 81.8 Å². The number of benzene rings is 3. The fourth-order valence-corrected chi connectivity index (χ4v) is 6.86. The number of carbonyl (C=O) groups is 1. The van der Waals surface area contributed by atoms with E-state index in [2.05, 4.69) is 10.0 Å². The van der Waals surface area contributed by atoms with E-state index >= 15 is 0 Å². The lowest BCUT2D eigenvalue weighted by Gasteiger charge is -2.26. The number of hydrogen-bond acceptors (Lipinski definition) is 5. The van der Waals surface area contributed by atoms with Gasteiger partial charge in [-0.25, -0.2) is 16.8 Å². The van der Waals surface area contributed by atoms with Gasteiger partial charge in [-0.3, -0.25) is 9.52 Å². The first kappa shape index (κ1) is 27.4. The summed E-state index contributed by atoms with van der Waals surface area (Å²) in [5, 5.41) is 3.16. The molecular formula is C25H25Cl2N3O5S2. The van der Waals surface area contributed by atoms with Gasteiger partial charge in [-0.2, -0.15) is 4.31 Å². The van der Waals surface area contributed by atoms with Crippen LogP contribution in [0, 0.1) is 6.92 Å². The molecular weight excluding hydrogens is 557 g/mol. The number of carbonyl (C=O) groups excluding carboxylic acids is 1. The van der Waals surface area contributed by atoms with Gasteiger partial charge in [0.15, 0.2) is 0 Å². The number of rotatable bonds is 7. The SMILES string of the molecule is Cc1ccc(NS(=O)(=O)c2ccc(NC(=O)c3cc(S(=O)(=O)N4CCCCC4)ccc3Cl)cc2)cc1Cl. The van der Waals surface area contributed by atoms with E-state index in [0.29, 0.717) is 29.5 Å². The number of aryl methyl sites for hydroxylation is 1. The number of amides is 1. The summed E-state index contributed by atoms with van der Waals surface area (Å²) >= 11 is 12.3. The van der Waals surface area contributed by atoms with Crippen molar-refractivity contribution >= 4 is 60.5 Å². The number of hydrogen-bond donors (Lipinski definition) is 2. The van der Waals surface area contributed by atoms with Crippen molar-refractivity contribution in [2.75, 3.05) is 23.1 Å². The van der Waals surface area contributed by atoms with Crippen molar-refractivity contribution in [1.29, 1.82) is 0 Å². The number of anilines is 2. The molecule has 1 aliphatic rings. The van der Waals surface area contributed by atoms with E-state index in [0.717, 1.165) is 24.8 Å². The second-order valence-corrected chi connectivity index (χ2v) is 13.1. The molecule has 3 aromatic rings. The molecule has 12 heteroatoms. The third-order valence-electron chi connectivity index (χ3n) is 5.98. The predicted molar refractivity (Wildman–Crippen MR) is 145 cm³/mol. The molecule has 4 rings (SSSR count). The Morgan fingerprint density at radius 1 is 0.784 bits per heavy atom. The van der Waals surface area contributed by atoms with Gasteiger partial charge in [-0.1, -0.05) is 35.7 Å². The smallest absolute Gasteiger partial charge is 0.261 e. The lowest BCUT2D eigenvalue weighted by Crippen LogP contribution is -2.35. The van der Waals surface area contributed by atoms with E-state index in [1.54, 1.807) is 12.1 Å². The van der Waals surface area contributed by atoms with Gasteiger partial charge in [0.1, 0.15) is 0 Å². The van der Waals surface area contributed by atoms with Crippen molar-refractivity contribution in [3.63, 3.8) is 0 Å². The minimum Gasteiger partial charge on any atom is -0.322 e.